The molecule has 158 valence electrons. The van der Waals surface area contributed by atoms with Gasteiger partial charge in [0.05, 0.1) is 17.4 Å². The molecule has 0 unspecified atom stereocenters. The van der Waals surface area contributed by atoms with E-state index >= 15 is 0 Å². The molecule has 0 spiro atoms. The van der Waals surface area contributed by atoms with Gasteiger partial charge < -0.3 is 10.2 Å². The number of alkyl halides is 3. The van der Waals surface area contributed by atoms with E-state index < -0.39 is 17.4 Å². The predicted molar refractivity (Wildman–Crippen MR) is 103 cm³/mol. The van der Waals surface area contributed by atoms with Gasteiger partial charge in [0.15, 0.2) is 16.5 Å². The Hall–Kier alpha value is -2.93. The molecule has 0 atom stereocenters. The number of halogens is 4. The third-order valence-corrected chi connectivity index (χ3v) is 5.34. The van der Waals surface area contributed by atoms with Crippen LogP contribution < -0.4 is 10.2 Å². The van der Waals surface area contributed by atoms with E-state index in [2.05, 4.69) is 20.5 Å². The summed E-state index contributed by atoms with van der Waals surface area (Å²) in [4.78, 5) is 17.7. The molecule has 1 N–H and O–H groups in total. The maximum Gasteiger partial charge on any atom is 0.419 e. The van der Waals surface area contributed by atoms with Crippen LogP contribution in [0.25, 0.3) is 0 Å². The third-order valence-electron chi connectivity index (χ3n) is 5.14. The highest BCUT2D eigenvalue weighted by Gasteiger charge is 2.35. The summed E-state index contributed by atoms with van der Waals surface area (Å²) in [6, 6.07) is 5.33. The van der Waals surface area contributed by atoms with Gasteiger partial charge in [-0.15, -0.1) is 10.2 Å². The lowest BCUT2D eigenvalue weighted by Crippen LogP contribution is -2.43. The molecular weight excluding hydrogens is 421 g/mol. The molecule has 2 heterocycles. The molecule has 1 aliphatic rings. The summed E-state index contributed by atoms with van der Waals surface area (Å²) < 4.78 is 39.6. The van der Waals surface area contributed by atoms with Crippen LogP contribution in [0.3, 0.4) is 0 Å². The number of anilines is 1. The number of rotatable bonds is 4. The first-order valence-electron chi connectivity index (χ1n) is 9.19. The Morgan fingerprint density at radius 1 is 1.27 bits per heavy atom. The Morgan fingerprint density at radius 3 is 2.53 bits per heavy atom. The fourth-order valence-electron chi connectivity index (χ4n) is 3.47. The number of hydrogen-bond donors (Lipinski definition) is 1. The second-order valence-corrected chi connectivity index (χ2v) is 7.42. The molecule has 2 aromatic heterocycles. The van der Waals surface area contributed by atoms with E-state index in [0.717, 1.165) is 6.07 Å². The Bertz CT molecular complexity index is 952. The lowest BCUT2D eigenvalue weighted by molar-refractivity contribution is -0.138. The van der Waals surface area contributed by atoms with E-state index in [1.54, 1.807) is 11.9 Å². The van der Waals surface area contributed by atoms with Gasteiger partial charge in [-0.05, 0) is 43.9 Å². The number of nitriles is 1. The first-order chi connectivity index (χ1) is 14.2. The standard InChI is InChI=1S/C19H18ClF3N6O/c1-29(13-8-14(19(21,22)23)16(9-24)25-10-13)12-4-2-11(3-5-12)26-18(30)15-6-7-17(20)28-27-15/h6-8,10-12H,2-5H2,1H3,(H,26,30). The van der Waals surface area contributed by atoms with E-state index in [9.17, 15) is 18.0 Å². The minimum Gasteiger partial charge on any atom is -0.370 e. The first-order valence-corrected chi connectivity index (χ1v) is 9.57. The fourth-order valence-corrected chi connectivity index (χ4v) is 3.57. The average molecular weight is 439 g/mol. The molecule has 0 aliphatic heterocycles. The summed E-state index contributed by atoms with van der Waals surface area (Å²) >= 11 is 5.66. The summed E-state index contributed by atoms with van der Waals surface area (Å²) in [6.45, 7) is 0. The van der Waals surface area contributed by atoms with E-state index in [4.69, 9.17) is 16.9 Å². The zero-order valence-electron chi connectivity index (χ0n) is 15.9. The third kappa shape index (κ3) is 4.97. The molecule has 1 amide bonds. The van der Waals surface area contributed by atoms with Crippen molar-refractivity contribution in [3.63, 3.8) is 0 Å². The van der Waals surface area contributed by atoms with Gasteiger partial charge in [0, 0.05) is 19.1 Å². The predicted octanol–water partition coefficient (Wildman–Crippen LogP) is 3.59. The van der Waals surface area contributed by atoms with Crippen molar-refractivity contribution >= 4 is 23.2 Å². The highest BCUT2D eigenvalue weighted by molar-refractivity contribution is 6.29. The molecule has 0 aromatic carbocycles. The highest BCUT2D eigenvalue weighted by Crippen LogP contribution is 2.34. The van der Waals surface area contributed by atoms with Gasteiger partial charge in [0.1, 0.15) is 6.07 Å². The molecule has 7 nitrogen and oxygen atoms in total. The van der Waals surface area contributed by atoms with Crippen LogP contribution in [-0.2, 0) is 6.18 Å². The number of amides is 1. The number of pyridine rings is 1. The Labute approximate surface area is 175 Å². The molecule has 2 aromatic rings. The number of nitrogens with zero attached hydrogens (tertiary/aromatic N) is 5. The van der Waals surface area contributed by atoms with E-state index in [0.29, 0.717) is 31.4 Å². The molecule has 0 saturated heterocycles. The molecule has 0 bridgehead atoms. The second-order valence-electron chi connectivity index (χ2n) is 7.03. The van der Waals surface area contributed by atoms with Gasteiger partial charge in [-0.25, -0.2) is 4.98 Å². The minimum atomic E-state index is -4.65. The zero-order chi connectivity index (χ0) is 21.9. The van der Waals surface area contributed by atoms with Crippen LogP contribution in [0.4, 0.5) is 18.9 Å². The maximum absolute atomic E-state index is 13.2. The van der Waals surface area contributed by atoms with Gasteiger partial charge in [-0.2, -0.15) is 18.4 Å². The van der Waals surface area contributed by atoms with Crippen LogP contribution in [0.2, 0.25) is 5.15 Å². The molecule has 1 aliphatic carbocycles. The quantitative estimate of drug-likeness (QED) is 0.783. The summed E-state index contributed by atoms with van der Waals surface area (Å²) in [7, 11) is 1.70. The van der Waals surface area contributed by atoms with Crippen molar-refractivity contribution in [3.05, 3.63) is 46.5 Å². The number of carbonyl (C=O) groups excluding carboxylic acids is 1. The molecule has 0 radical (unpaired) electrons. The Kier molecular flexibility index (Phi) is 6.41. The van der Waals surface area contributed by atoms with Crippen LogP contribution in [-0.4, -0.2) is 40.2 Å². The molecule has 1 saturated carbocycles. The van der Waals surface area contributed by atoms with Crippen molar-refractivity contribution in [2.24, 2.45) is 0 Å². The van der Waals surface area contributed by atoms with Crippen molar-refractivity contribution in [2.75, 3.05) is 11.9 Å². The van der Waals surface area contributed by atoms with E-state index in [1.165, 1.54) is 24.4 Å². The normalized spacial score (nSPS) is 19.1. The number of hydrogen-bond acceptors (Lipinski definition) is 6. The topological polar surface area (TPSA) is 94.8 Å². The molecule has 11 heteroatoms. The van der Waals surface area contributed by atoms with Crippen molar-refractivity contribution in [1.82, 2.24) is 20.5 Å². The first kappa shape index (κ1) is 21.8. The maximum atomic E-state index is 13.2. The van der Waals surface area contributed by atoms with Gasteiger partial charge in [0.25, 0.3) is 5.91 Å². The van der Waals surface area contributed by atoms with E-state index in [-0.39, 0.29) is 28.8 Å². The van der Waals surface area contributed by atoms with Crippen molar-refractivity contribution in [2.45, 2.75) is 43.9 Å². The van der Waals surface area contributed by atoms with Crippen LogP contribution in [0.15, 0.2) is 24.4 Å². The number of nitrogens with one attached hydrogen (secondary N) is 1. The summed E-state index contributed by atoms with van der Waals surface area (Å²) in [5.41, 5.74) is -1.22. The molecular formula is C19H18ClF3N6O. The number of carbonyl (C=O) groups is 1. The Balaban J connectivity index is 1.61. The van der Waals surface area contributed by atoms with Crippen molar-refractivity contribution in [3.8, 4) is 6.07 Å². The average Bonchev–Trinajstić information content (AvgIpc) is 2.73. The van der Waals surface area contributed by atoms with Crippen LogP contribution in [0.1, 0.15) is 47.4 Å². The fraction of sp³-hybridized carbons (Fsp3) is 0.421. The molecule has 3 rings (SSSR count). The lowest BCUT2D eigenvalue weighted by Gasteiger charge is -2.36. The van der Waals surface area contributed by atoms with Gasteiger partial charge in [-0.3, -0.25) is 4.79 Å². The summed E-state index contributed by atoms with van der Waals surface area (Å²) in [5, 5.41) is 19.4. The monoisotopic (exact) mass is 438 g/mol. The summed E-state index contributed by atoms with van der Waals surface area (Å²) in [6.07, 6.45) is -0.693. The van der Waals surface area contributed by atoms with Crippen molar-refractivity contribution in [1.29, 1.82) is 5.26 Å². The SMILES string of the molecule is CN(c1cnc(C#N)c(C(F)(F)F)c1)C1CCC(NC(=O)c2ccc(Cl)nn2)CC1. The van der Waals surface area contributed by atoms with Crippen LogP contribution in [0.5, 0.6) is 0 Å². The number of aromatic nitrogens is 3. The zero-order valence-corrected chi connectivity index (χ0v) is 16.7. The smallest absolute Gasteiger partial charge is 0.370 e. The largest absolute Gasteiger partial charge is 0.419 e. The highest BCUT2D eigenvalue weighted by atomic mass is 35.5. The van der Waals surface area contributed by atoms with Gasteiger partial charge in [0.2, 0.25) is 0 Å². The molecule has 1 fully saturated rings. The molecule has 30 heavy (non-hydrogen) atoms. The van der Waals surface area contributed by atoms with Crippen molar-refractivity contribution < 1.29 is 18.0 Å². The Morgan fingerprint density at radius 2 is 1.97 bits per heavy atom. The van der Waals surface area contributed by atoms with Crippen LogP contribution >= 0.6 is 11.6 Å². The minimum absolute atomic E-state index is 0.00991. The van der Waals surface area contributed by atoms with Crippen LogP contribution in [0, 0.1) is 11.3 Å². The van der Waals surface area contributed by atoms with Gasteiger partial charge >= 0.3 is 6.18 Å². The second kappa shape index (κ2) is 8.83. The van der Waals surface area contributed by atoms with E-state index in [1.807, 2.05) is 0 Å². The van der Waals surface area contributed by atoms with Gasteiger partial charge in [-0.1, -0.05) is 11.6 Å². The summed E-state index contributed by atoms with van der Waals surface area (Å²) in [5.74, 6) is -0.345. The lowest BCUT2D eigenvalue weighted by atomic mass is 9.90.